The third-order valence-corrected chi connectivity index (χ3v) is 5.06. The molecule has 0 atom stereocenters. The van der Waals surface area contributed by atoms with Crippen LogP contribution >= 0.6 is 27.7 Å². The molecule has 0 aliphatic carbocycles. The lowest BCUT2D eigenvalue weighted by Gasteiger charge is -2.04. The van der Waals surface area contributed by atoms with Crippen LogP contribution in [0.3, 0.4) is 0 Å². The van der Waals surface area contributed by atoms with Gasteiger partial charge in [-0.15, -0.1) is 10.2 Å². The van der Waals surface area contributed by atoms with E-state index in [1.165, 1.54) is 18.0 Å². The lowest BCUT2D eigenvalue weighted by Crippen LogP contribution is -2.20. The highest BCUT2D eigenvalue weighted by molar-refractivity contribution is 9.10. The van der Waals surface area contributed by atoms with Gasteiger partial charge in [0.25, 0.3) is 5.91 Å². The van der Waals surface area contributed by atoms with Gasteiger partial charge in [0.2, 0.25) is 0 Å². The Morgan fingerprint density at radius 3 is 2.89 bits per heavy atom. The van der Waals surface area contributed by atoms with Gasteiger partial charge in [-0.25, -0.2) is 5.43 Å². The zero-order chi connectivity index (χ0) is 19.2. The summed E-state index contributed by atoms with van der Waals surface area (Å²) in [4.78, 5) is 16.3. The highest BCUT2D eigenvalue weighted by Crippen LogP contribution is 2.24. The Morgan fingerprint density at radius 1 is 1.30 bits per heavy atom. The molecule has 3 aromatic rings. The number of benzene rings is 1. The maximum absolute atomic E-state index is 12.0. The zero-order valence-corrected chi connectivity index (χ0v) is 17.2. The van der Waals surface area contributed by atoms with Gasteiger partial charge in [0.1, 0.15) is 0 Å². The van der Waals surface area contributed by atoms with Crippen molar-refractivity contribution in [3.8, 4) is 11.4 Å². The van der Waals surface area contributed by atoms with Crippen molar-refractivity contribution in [2.45, 2.75) is 12.1 Å². The van der Waals surface area contributed by atoms with E-state index in [0.717, 1.165) is 21.6 Å². The standard InChI is InChI=1S/C18H17BrN6OS/c1-12-5-3-8-15(21-12)10-20-22-16(26)11-27-18-24-23-17(25(18)2)13-6-4-7-14(19)9-13/h3-10H,11H2,1-2H3,(H,22,26)/b20-10-. The quantitative estimate of drug-likeness (QED) is 0.358. The average Bonchev–Trinajstić information content (AvgIpc) is 3.01. The first-order valence-electron chi connectivity index (χ1n) is 8.06. The molecule has 27 heavy (non-hydrogen) atoms. The van der Waals surface area contributed by atoms with E-state index in [1.54, 1.807) is 0 Å². The summed E-state index contributed by atoms with van der Waals surface area (Å²) < 4.78 is 2.83. The molecule has 0 radical (unpaired) electrons. The van der Waals surface area contributed by atoms with Crippen LogP contribution in [-0.4, -0.2) is 37.6 Å². The second kappa shape index (κ2) is 8.92. The highest BCUT2D eigenvalue weighted by atomic mass is 79.9. The van der Waals surface area contributed by atoms with Crippen molar-refractivity contribution < 1.29 is 4.79 Å². The molecule has 0 bridgehead atoms. The number of hydrogen-bond acceptors (Lipinski definition) is 6. The minimum atomic E-state index is -0.226. The average molecular weight is 445 g/mol. The summed E-state index contributed by atoms with van der Waals surface area (Å²) in [5, 5.41) is 13.0. The number of pyridine rings is 1. The van der Waals surface area contributed by atoms with Crippen molar-refractivity contribution in [3.05, 3.63) is 58.3 Å². The molecule has 0 spiro atoms. The lowest BCUT2D eigenvalue weighted by atomic mass is 10.2. The van der Waals surface area contributed by atoms with Gasteiger partial charge in [0.05, 0.1) is 17.7 Å². The first kappa shape index (κ1) is 19.2. The molecule has 7 nitrogen and oxygen atoms in total. The predicted octanol–water partition coefficient (Wildman–Crippen LogP) is 3.19. The van der Waals surface area contributed by atoms with Crippen LogP contribution in [0.15, 0.2) is 57.2 Å². The Bertz CT molecular complexity index is 987. The van der Waals surface area contributed by atoms with Gasteiger partial charge in [-0.05, 0) is 31.2 Å². The van der Waals surface area contributed by atoms with Crippen molar-refractivity contribution in [1.29, 1.82) is 0 Å². The van der Waals surface area contributed by atoms with Crippen LogP contribution in [0.1, 0.15) is 11.4 Å². The number of halogens is 1. The molecule has 138 valence electrons. The Morgan fingerprint density at radius 2 is 2.11 bits per heavy atom. The fourth-order valence-electron chi connectivity index (χ4n) is 2.29. The molecule has 1 amide bonds. The third-order valence-electron chi connectivity index (χ3n) is 3.55. The summed E-state index contributed by atoms with van der Waals surface area (Å²) >= 11 is 4.75. The van der Waals surface area contributed by atoms with Gasteiger partial charge in [-0.3, -0.25) is 9.78 Å². The molecular formula is C18H17BrN6OS. The minimum absolute atomic E-state index is 0.184. The second-order valence-electron chi connectivity index (χ2n) is 5.66. The first-order valence-corrected chi connectivity index (χ1v) is 9.84. The maximum atomic E-state index is 12.0. The molecule has 1 aromatic carbocycles. The normalized spacial score (nSPS) is 11.1. The fraction of sp³-hybridized carbons (Fsp3) is 0.167. The number of aryl methyl sites for hydroxylation is 1. The topological polar surface area (TPSA) is 85.1 Å². The SMILES string of the molecule is Cc1cccc(/C=N\NC(=O)CSc2nnc(-c3cccc(Br)c3)n2C)n1. The third kappa shape index (κ3) is 5.24. The number of hydrogen-bond donors (Lipinski definition) is 1. The van der Waals surface area contributed by atoms with E-state index in [9.17, 15) is 4.79 Å². The zero-order valence-electron chi connectivity index (χ0n) is 14.8. The minimum Gasteiger partial charge on any atom is -0.305 e. The summed E-state index contributed by atoms with van der Waals surface area (Å²) in [5.74, 6) is 0.696. The molecule has 3 rings (SSSR count). The number of nitrogens with one attached hydrogen (secondary N) is 1. The van der Waals surface area contributed by atoms with Gasteiger partial charge in [0.15, 0.2) is 11.0 Å². The lowest BCUT2D eigenvalue weighted by molar-refractivity contribution is -0.118. The number of aromatic nitrogens is 4. The van der Waals surface area contributed by atoms with Crippen molar-refractivity contribution in [1.82, 2.24) is 25.2 Å². The summed E-state index contributed by atoms with van der Waals surface area (Å²) in [5.41, 5.74) is 5.02. The fourth-order valence-corrected chi connectivity index (χ4v) is 3.39. The molecule has 9 heteroatoms. The monoisotopic (exact) mass is 444 g/mol. The van der Waals surface area contributed by atoms with Crippen LogP contribution < -0.4 is 5.43 Å². The van der Waals surface area contributed by atoms with Crippen LogP contribution in [-0.2, 0) is 11.8 Å². The van der Waals surface area contributed by atoms with E-state index in [1.807, 2.05) is 61.0 Å². The first-order chi connectivity index (χ1) is 13.0. The van der Waals surface area contributed by atoms with E-state index in [2.05, 4.69) is 41.6 Å². The van der Waals surface area contributed by atoms with Crippen LogP contribution in [0.5, 0.6) is 0 Å². The van der Waals surface area contributed by atoms with Gasteiger partial charge in [0, 0.05) is 22.8 Å². The molecule has 0 aliphatic rings. The number of amides is 1. The number of nitrogens with zero attached hydrogens (tertiary/aromatic N) is 5. The van der Waals surface area contributed by atoms with E-state index in [-0.39, 0.29) is 11.7 Å². The molecule has 0 saturated heterocycles. The Balaban J connectivity index is 1.56. The van der Waals surface area contributed by atoms with Crippen LogP contribution in [0, 0.1) is 6.92 Å². The number of hydrazone groups is 1. The number of rotatable bonds is 6. The van der Waals surface area contributed by atoms with Crippen molar-refractivity contribution in [2.75, 3.05) is 5.75 Å². The second-order valence-corrected chi connectivity index (χ2v) is 7.52. The molecule has 0 saturated carbocycles. The molecule has 0 fully saturated rings. The van der Waals surface area contributed by atoms with E-state index in [4.69, 9.17) is 0 Å². The number of carbonyl (C=O) groups is 1. The predicted molar refractivity (Wildman–Crippen MR) is 110 cm³/mol. The highest BCUT2D eigenvalue weighted by Gasteiger charge is 2.13. The molecule has 0 unspecified atom stereocenters. The Labute approximate surface area is 169 Å². The van der Waals surface area contributed by atoms with Crippen LogP contribution in [0.4, 0.5) is 0 Å². The van der Waals surface area contributed by atoms with Gasteiger partial charge in [-0.2, -0.15) is 5.10 Å². The van der Waals surface area contributed by atoms with Gasteiger partial charge >= 0.3 is 0 Å². The summed E-state index contributed by atoms with van der Waals surface area (Å²) in [6, 6.07) is 13.4. The largest absolute Gasteiger partial charge is 0.305 e. The summed E-state index contributed by atoms with van der Waals surface area (Å²) in [6.45, 7) is 1.90. The van der Waals surface area contributed by atoms with Crippen molar-refractivity contribution in [2.24, 2.45) is 12.1 Å². The van der Waals surface area contributed by atoms with E-state index < -0.39 is 0 Å². The molecule has 1 N–H and O–H groups in total. The van der Waals surface area contributed by atoms with Crippen LogP contribution in [0.25, 0.3) is 11.4 Å². The van der Waals surface area contributed by atoms with Gasteiger partial charge < -0.3 is 4.57 Å². The molecule has 2 heterocycles. The summed E-state index contributed by atoms with van der Waals surface area (Å²) in [6.07, 6.45) is 1.52. The smallest absolute Gasteiger partial charge is 0.250 e. The molecular weight excluding hydrogens is 428 g/mol. The van der Waals surface area contributed by atoms with Crippen molar-refractivity contribution >= 4 is 39.8 Å². The maximum Gasteiger partial charge on any atom is 0.250 e. The van der Waals surface area contributed by atoms with Gasteiger partial charge in [-0.1, -0.05) is 45.9 Å². The van der Waals surface area contributed by atoms with Crippen molar-refractivity contribution in [3.63, 3.8) is 0 Å². The number of carbonyl (C=O) groups excluding carboxylic acids is 1. The van der Waals surface area contributed by atoms with E-state index >= 15 is 0 Å². The molecule has 2 aromatic heterocycles. The summed E-state index contributed by atoms with van der Waals surface area (Å²) in [7, 11) is 1.87. The van der Waals surface area contributed by atoms with Crippen LogP contribution in [0.2, 0.25) is 0 Å². The Hall–Kier alpha value is -2.52. The molecule has 0 aliphatic heterocycles. The van der Waals surface area contributed by atoms with E-state index in [0.29, 0.717) is 10.9 Å². The Kier molecular flexibility index (Phi) is 6.36. The number of thioether (sulfide) groups is 1.